The molecule has 2 N–H and O–H groups in total. The molecule has 0 fully saturated rings. The van der Waals surface area contributed by atoms with Crippen LogP contribution in [-0.2, 0) is 16.6 Å². The van der Waals surface area contributed by atoms with E-state index in [1.54, 1.807) is 18.7 Å². The lowest BCUT2D eigenvalue weighted by Crippen LogP contribution is -2.15. The fourth-order valence-corrected chi connectivity index (χ4v) is 1.40. The lowest BCUT2D eigenvalue weighted by molar-refractivity contribution is -0.142. The molecule has 0 aliphatic rings. The molecule has 0 aliphatic carbocycles. The molecule has 7 heteroatoms. The van der Waals surface area contributed by atoms with Gasteiger partial charge < -0.3 is 15.2 Å². The SMILES string of the molecule is Cc1nn(C)c(NCCOCC(=O)O)c1C#N. The number of carboxylic acid groups (broad SMARTS) is 1. The largest absolute Gasteiger partial charge is 0.480 e. The second-order valence-electron chi connectivity index (χ2n) is 3.42. The number of nitrogens with zero attached hydrogens (tertiary/aromatic N) is 3. The van der Waals surface area contributed by atoms with Crippen molar-refractivity contribution < 1.29 is 14.6 Å². The third kappa shape index (κ3) is 3.46. The minimum Gasteiger partial charge on any atom is -0.480 e. The maximum Gasteiger partial charge on any atom is 0.329 e. The first kappa shape index (κ1) is 13.0. The van der Waals surface area contributed by atoms with Crippen LogP contribution in [0.15, 0.2) is 0 Å². The Morgan fingerprint density at radius 3 is 3.00 bits per heavy atom. The number of hydrogen-bond donors (Lipinski definition) is 2. The van der Waals surface area contributed by atoms with Crippen LogP contribution in [0.25, 0.3) is 0 Å². The molecule has 0 bridgehead atoms. The summed E-state index contributed by atoms with van der Waals surface area (Å²) in [5, 5.41) is 24.4. The van der Waals surface area contributed by atoms with Gasteiger partial charge in [-0.1, -0.05) is 0 Å². The Kier molecular flexibility index (Phi) is 4.48. The molecule has 7 nitrogen and oxygen atoms in total. The Hall–Kier alpha value is -2.07. The smallest absolute Gasteiger partial charge is 0.329 e. The first-order valence-corrected chi connectivity index (χ1v) is 5.03. The molecule has 1 aromatic heterocycles. The average molecular weight is 238 g/mol. The monoisotopic (exact) mass is 238 g/mol. The van der Waals surface area contributed by atoms with Crippen LogP contribution in [0.4, 0.5) is 5.82 Å². The number of aryl methyl sites for hydroxylation is 2. The van der Waals surface area contributed by atoms with Crippen molar-refractivity contribution in [2.45, 2.75) is 6.92 Å². The molecule has 0 amide bonds. The van der Waals surface area contributed by atoms with Gasteiger partial charge in [0.2, 0.25) is 0 Å². The van der Waals surface area contributed by atoms with Crippen LogP contribution in [0.2, 0.25) is 0 Å². The Bertz CT molecular complexity index is 447. The van der Waals surface area contributed by atoms with E-state index in [0.29, 0.717) is 23.6 Å². The summed E-state index contributed by atoms with van der Waals surface area (Å²) in [6.07, 6.45) is 0. The molecule has 0 saturated heterocycles. The fraction of sp³-hybridized carbons (Fsp3) is 0.500. The molecule has 0 atom stereocenters. The molecule has 0 aliphatic heterocycles. The number of aromatic nitrogens is 2. The number of nitrogens with one attached hydrogen (secondary N) is 1. The molecule has 0 saturated carbocycles. The van der Waals surface area contributed by atoms with E-state index >= 15 is 0 Å². The molecule has 0 radical (unpaired) electrons. The molecular weight excluding hydrogens is 224 g/mol. The summed E-state index contributed by atoms with van der Waals surface area (Å²) in [6, 6.07) is 2.06. The maximum atomic E-state index is 10.2. The summed E-state index contributed by atoms with van der Waals surface area (Å²) >= 11 is 0. The van der Waals surface area contributed by atoms with E-state index in [4.69, 9.17) is 15.1 Å². The Morgan fingerprint density at radius 2 is 2.41 bits per heavy atom. The van der Waals surface area contributed by atoms with E-state index in [1.165, 1.54) is 0 Å². The maximum absolute atomic E-state index is 10.2. The van der Waals surface area contributed by atoms with Crippen molar-refractivity contribution in [3.05, 3.63) is 11.3 Å². The second kappa shape index (κ2) is 5.86. The third-order valence-electron chi connectivity index (χ3n) is 2.10. The van der Waals surface area contributed by atoms with Gasteiger partial charge in [0.25, 0.3) is 0 Å². The summed E-state index contributed by atoms with van der Waals surface area (Å²) in [5.41, 5.74) is 1.15. The van der Waals surface area contributed by atoms with Gasteiger partial charge in [-0.25, -0.2) is 4.79 Å². The Labute approximate surface area is 98.6 Å². The van der Waals surface area contributed by atoms with Gasteiger partial charge in [-0.3, -0.25) is 4.68 Å². The molecule has 0 unspecified atom stereocenters. The predicted molar refractivity (Wildman–Crippen MR) is 59.6 cm³/mol. The molecule has 92 valence electrons. The quantitative estimate of drug-likeness (QED) is 0.682. The van der Waals surface area contributed by atoms with Gasteiger partial charge in [-0.2, -0.15) is 10.4 Å². The number of carbonyl (C=O) groups is 1. The molecule has 1 heterocycles. The number of anilines is 1. The van der Waals surface area contributed by atoms with Gasteiger partial charge in [0.05, 0.1) is 12.3 Å². The number of hydrogen-bond acceptors (Lipinski definition) is 5. The summed E-state index contributed by atoms with van der Waals surface area (Å²) in [7, 11) is 1.73. The van der Waals surface area contributed by atoms with Gasteiger partial charge in [-0.15, -0.1) is 0 Å². The van der Waals surface area contributed by atoms with Crippen molar-refractivity contribution in [3.63, 3.8) is 0 Å². The van der Waals surface area contributed by atoms with Crippen molar-refractivity contribution in [2.75, 3.05) is 25.1 Å². The highest BCUT2D eigenvalue weighted by Gasteiger charge is 2.11. The van der Waals surface area contributed by atoms with Gasteiger partial charge in [0.1, 0.15) is 24.1 Å². The van der Waals surface area contributed by atoms with Crippen LogP contribution in [-0.4, -0.2) is 40.6 Å². The van der Waals surface area contributed by atoms with Gasteiger partial charge in [-0.05, 0) is 6.92 Å². The summed E-state index contributed by atoms with van der Waals surface area (Å²) in [4.78, 5) is 10.2. The molecule has 1 aromatic rings. The van der Waals surface area contributed by atoms with Crippen LogP contribution >= 0.6 is 0 Å². The van der Waals surface area contributed by atoms with Crippen LogP contribution in [0, 0.1) is 18.3 Å². The van der Waals surface area contributed by atoms with Gasteiger partial charge in [0, 0.05) is 13.6 Å². The number of rotatable bonds is 6. The molecule has 1 rings (SSSR count). The topological polar surface area (TPSA) is 100 Å². The molecule has 17 heavy (non-hydrogen) atoms. The van der Waals surface area contributed by atoms with Crippen molar-refractivity contribution in [1.82, 2.24) is 9.78 Å². The van der Waals surface area contributed by atoms with Crippen LogP contribution in [0.3, 0.4) is 0 Å². The van der Waals surface area contributed by atoms with Crippen LogP contribution < -0.4 is 5.32 Å². The normalized spacial score (nSPS) is 9.94. The predicted octanol–water partition coefficient (Wildman–Crippen LogP) is 0.113. The van der Waals surface area contributed by atoms with Crippen LogP contribution in [0.5, 0.6) is 0 Å². The number of carboxylic acids is 1. The highest BCUT2D eigenvalue weighted by molar-refractivity contribution is 5.68. The lowest BCUT2D eigenvalue weighted by Gasteiger charge is -2.06. The van der Waals surface area contributed by atoms with E-state index in [1.807, 2.05) is 0 Å². The fourth-order valence-electron chi connectivity index (χ4n) is 1.40. The molecule has 0 spiro atoms. The van der Waals surface area contributed by atoms with E-state index in [-0.39, 0.29) is 13.2 Å². The number of ether oxygens (including phenoxy) is 1. The highest BCUT2D eigenvalue weighted by atomic mass is 16.5. The zero-order valence-electron chi connectivity index (χ0n) is 9.73. The van der Waals surface area contributed by atoms with E-state index < -0.39 is 5.97 Å². The summed E-state index contributed by atoms with van der Waals surface area (Å²) in [6.45, 7) is 2.10. The van der Waals surface area contributed by atoms with Crippen LogP contribution in [0.1, 0.15) is 11.3 Å². The average Bonchev–Trinajstić information content (AvgIpc) is 2.52. The minimum absolute atomic E-state index is 0.251. The van der Waals surface area contributed by atoms with E-state index in [9.17, 15) is 4.79 Å². The second-order valence-corrected chi connectivity index (χ2v) is 3.42. The van der Waals surface area contributed by atoms with E-state index in [0.717, 1.165) is 0 Å². The van der Waals surface area contributed by atoms with E-state index in [2.05, 4.69) is 16.5 Å². The zero-order valence-corrected chi connectivity index (χ0v) is 9.73. The van der Waals surface area contributed by atoms with Crippen molar-refractivity contribution >= 4 is 11.8 Å². The van der Waals surface area contributed by atoms with Crippen molar-refractivity contribution in [2.24, 2.45) is 7.05 Å². The number of nitriles is 1. The third-order valence-corrected chi connectivity index (χ3v) is 2.10. The van der Waals surface area contributed by atoms with Crippen molar-refractivity contribution in [1.29, 1.82) is 5.26 Å². The minimum atomic E-state index is -1.00. The Balaban J connectivity index is 2.47. The number of aliphatic carboxylic acids is 1. The lowest BCUT2D eigenvalue weighted by atomic mass is 10.2. The highest BCUT2D eigenvalue weighted by Crippen LogP contribution is 2.16. The first-order chi connectivity index (χ1) is 8.06. The first-order valence-electron chi connectivity index (χ1n) is 5.03. The van der Waals surface area contributed by atoms with Gasteiger partial charge >= 0.3 is 5.97 Å². The van der Waals surface area contributed by atoms with Crippen molar-refractivity contribution in [3.8, 4) is 6.07 Å². The zero-order chi connectivity index (χ0) is 12.8. The summed E-state index contributed by atoms with van der Waals surface area (Å²) in [5.74, 6) is -0.386. The Morgan fingerprint density at radius 1 is 1.71 bits per heavy atom. The van der Waals surface area contributed by atoms with Gasteiger partial charge in [0.15, 0.2) is 0 Å². The standard InChI is InChI=1S/C10H14N4O3/c1-7-8(5-11)10(14(2)13-7)12-3-4-17-6-9(15)16/h12H,3-4,6H2,1-2H3,(H,15,16). The molecule has 0 aromatic carbocycles. The summed E-state index contributed by atoms with van der Waals surface area (Å²) < 4.78 is 6.44. The molecular formula is C10H14N4O3.